The van der Waals surface area contributed by atoms with E-state index in [1.807, 2.05) is 12.1 Å². The standard InChI is InChI=1S/C18H23N3O2S/c1-18(2,23)11-21(3)17(22)13-4-5-15-14(10-13)20-16(24-15)12-6-8-19-9-7-12/h6-9,13,23H,4-5,10-11H2,1-3H3. The van der Waals surface area contributed by atoms with Crippen LogP contribution in [0.25, 0.3) is 10.6 Å². The number of rotatable bonds is 4. The number of likely N-dealkylation sites (N-methyl/N-ethyl adjacent to an activating group) is 1. The topological polar surface area (TPSA) is 66.3 Å². The number of amides is 1. The molecule has 1 N–H and O–H groups in total. The largest absolute Gasteiger partial charge is 0.389 e. The lowest BCUT2D eigenvalue weighted by atomic mass is 9.89. The molecule has 2 aromatic heterocycles. The van der Waals surface area contributed by atoms with Gasteiger partial charge in [-0.3, -0.25) is 9.78 Å². The van der Waals surface area contributed by atoms with E-state index in [1.165, 1.54) is 4.88 Å². The molecule has 24 heavy (non-hydrogen) atoms. The Morgan fingerprint density at radius 2 is 2.12 bits per heavy atom. The number of carbonyl (C=O) groups excluding carboxylic acids is 1. The maximum atomic E-state index is 12.6. The number of hydrogen-bond donors (Lipinski definition) is 1. The summed E-state index contributed by atoms with van der Waals surface area (Å²) in [7, 11) is 1.76. The molecule has 2 aromatic rings. The Kier molecular flexibility index (Phi) is 4.69. The number of aliphatic hydroxyl groups is 1. The summed E-state index contributed by atoms with van der Waals surface area (Å²) in [5, 5.41) is 10.9. The van der Waals surface area contributed by atoms with Crippen LogP contribution in [0.15, 0.2) is 24.5 Å². The predicted molar refractivity (Wildman–Crippen MR) is 94.8 cm³/mol. The van der Waals surface area contributed by atoms with Gasteiger partial charge < -0.3 is 10.0 Å². The third kappa shape index (κ3) is 3.82. The highest BCUT2D eigenvalue weighted by Gasteiger charge is 2.31. The van der Waals surface area contributed by atoms with Crippen LogP contribution in [-0.2, 0) is 17.6 Å². The fourth-order valence-corrected chi connectivity index (χ4v) is 4.29. The van der Waals surface area contributed by atoms with Crippen molar-refractivity contribution in [2.45, 2.75) is 38.7 Å². The lowest BCUT2D eigenvalue weighted by molar-refractivity contribution is -0.137. The Bertz CT molecular complexity index is 722. The van der Waals surface area contributed by atoms with Crippen LogP contribution in [0.2, 0.25) is 0 Å². The van der Waals surface area contributed by atoms with Gasteiger partial charge in [-0.1, -0.05) is 0 Å². The summed E-state index contributed by atoms with van der Waals surface area (Å²) in [5.74, 6) is 0.0541. The molecular weight excluding hydrogens is 322 g/mol. The molecule has 128 valence electrons. The number of pyridine rings is 1. The molecule has 0 aromatic carbocycles. The molecule has 0 aliphatic heterocycles. The van der Waals surface area contributed by atoms with Gasteiger partial charge >= 0.3 is 0 Å². The predicted octanol–water partition coefficient (Wildman–Crippen LogP) is 2.54. The summed E-state index contributed by atoms with van der Waals surface area (Å²) < 4.78 is 0. The molecule has 2 heterocycles. The summed E-state index contributed by atoms with van der Waals surface area (Å²) in [6, 6.07) is 3.92. The van der Waals surface area contributed by atoms with E-state index in [0.717, 1.165) is 29.1 Å². The molecule has 1 atom stereocenters. The molecule has 5 nitrogen and oxygen atoms in total. The van der Waals surface area contributed by atoms with Crippen molar-refractivity contribution in [3.8, 4) is 10.6 Å². The first-order valence-corrected chi connectivity index (χ1v) is 9.01. The van der Waals surface area contributed by atoms with Crippen LogP contribution in [0.4, 0.5) is 0 Å². The van der Waals surface area contributed by atoms with E-state index < -0.39 is 5.60 Å². The zero-order valence-electron chi connectivity index (χ0n) is 14.3. The van der Waals surface area contributed by atoms with Gasteiger partial charge in [-0.2, -0.15) is 0 Å². The first-order chi connectivity index (χ1) is 11.3. The highest BCUT2D eigenvalue weighted by Crippen LogP contribution is 2.34. The first-order valence-electron chi connectivity index (χ1n) is 8.20. The molecule has 0 saturated carbocycles. The fraction of sp³-hybridized carbons (Fsp3) is 0.500. The Hall–Kier alpha value is -1.79. The second-order valence-corrected chi connectivity index (χ2v) is 8.15. The van der Waals surface area contributed by atoms with Crippen molar-refractivity contribution >= 4 is 17.2 Å². The van der Waals surface area contributed by atoms with E-state index in [9.17, 15) is 9.90 Å². The minimum Gasteiger partial charge on any atom is -0.389 e. The number of aryl methyl sites for hydroxylation is 1. The zero-order chi connectivity index (χ0) is 17.3. The molecule has 0 saturated heterocycles. The van der Waals surface area contributed by atoms with Crippen molar-refractivity contribution in [2.24, 2.45) is 5.92 Å². The highest BCUT2D eigenvalue weighted by molar-refractivity contribution is 7.15. The number of carbonyl (C=O) groups is 1. The van der Waals surface area contributed by atoms with Crippen LogP contribution in [0, 0.1) is 5.92 Å². The Balaban J connectivity index is 1.73. The fourth-order valence-electron chi connectivity index (χ4n) is 3.18. The molecule has 1 unspecified atom stereocenters. The van der Waals surface area contributed by atoms with E-state index in [4.69, 9.17) is 4.98 Å². The van der Waals surface area contributed by atoms with Crippen molar-refractivity contribution in [1.82, 2.24) is 14.9 Å². The number of thiazole rings is 1. The SMILES string of the molecule is CN(CC(C)(C)O)C(=O)C1CCc2sc(-c3ccncc3)nc2C1. The van der Waals surface area contributed by atoms with Crippen molar-refractivity contribution in [3.63, 3.8) is 0 Å². The molecule has 1 amide bonds. The van der Waals surface area contributed by atoms with E-state index in [-0.39, 0.29) is 11.8 Å². The smallest absolute Gasteiger partial charge is 0.225 e. The zero-order valence-corrected chi connectivity index (χ0v) is 15.1. The molecule has 0 radical (unpaired) electrons. The van der Waals surface area contributed by atoms with Crippen molar-refractivity contribution < 1.29 is 9.90 Å². The molecule has 0 bridgehead atoms. The van der Waals surface area contributed by atoms with Gasteiger partial charge in [-0.15, -0.1) is 11.3 Å². The van der Waals surface area contributed by atoms with E-state index in [1.54, 1.807) is 49.5 Å². The Morgan fingerprint density at radius 3 is 2.79 bits per heavy atom. The summed E-state index contributed by atoms with van der Waals surface area (Å²) >= 11 is 1.72. The number of fused-ring (bicyclic) bond motifs is 1. The second-order valence-electron chi connectivity index (χ2n) is 7.07. The summed E-state index contributed by atoms with van der Waals surface area (Å²) in [4.78, 5) is 24.4. The van der Waals surface area contributed by atoms with Gasteiger partial charge in [0.1, 0.15) is 5.01 Å². The second kappa shape index (κ2) is 6.61. The molecule has 0 fully saturated rings. The molecular formula is C18H23N3O2S. The molecule has 6 heteroatoms. The monoisotopic (exact) mass is 345 g/mol. The van der Waals surface area contributed by atoms with E-state index >= 15 is 0 Å². The average molecular weight is 345 g/mol. The molecule has 0 spiro atoms. The molecule has 1 aliphatic rings. The lowest BCUT2D eigenvalue weighted by Gasteiger charge is -2.30. The minimum absolute atomic E-state index is 0.0442. The summed E-state index contributed by atoms with van der Waals surface area (Å²) in [5.41, 5.74) is 1.25. The third-order valence-corrected chi connectivity index (χ3v) is 5.42. The quantitative estimate of drug-likeness (QED) is 0.925. The minimum atomic E-state index is -0.876. The Morgan fingerprint density at radius 1 is 1.42 bits per heavy atom. The Labute approximate surface area is 146 Å². The van der Waals surface area contributed by atoms with Gasteiger partial charge in [0, 0.05) is 48.8 Å². The van der Waals surface area contributed by atoms with Gasteiger partial charge in [0.25, 0.3) is 0 Å². The van der Waals surface area contributed by atoms with Crippen LogP contribution < -0.4 is 0 Å². The van der Waals surface area contributed by atoms with Crippen molar-refractivity contribution in [2.75, 3.05) is 13.6 Å². The van der Waals surface area contributed by atoms with Crippen LogP contribution in [0.1, 0.15) is 30.8 Å². The van der Waals surface area contributed by atoms with Crippen LogP contribution in [-0.4, -0.2) is 45.1 Å². The van der Waals surface area contributed by atoms with Gasteiger partial charge in [0.15, 0.2) is 0 Å². The maximum absolute atomic E-state index is 12.6. The van der Waals surface area contributed by atoms with Crippen LogP contribution in [0.3, 0.4) is 0 Å². The van der Waals surface area contributed by atoms with Gasteiger partial charge in [-0.25, -0.2) is 4.98 Å². The average Bonchev–Trinajstić information content (AvgIpc) is 2.96. The van der Waals surface area contributed by atoms with Crippen molar-refractivity contribution in [1.29, 1.82) is 0 Å². The van der Waals surface area contributed by atoms with Crippen molar-refractivity contribution in [3.05, 3.63) is 35.1 Å². The number of nitrogens with zero attached hydrogens (tertiary/aromatic N) is 3. The van der Waals surface area contributed by atoms with E-state index in [2.05, 4.69) is 4.98 Å². The molecule has 3 rings (SSSR count). The lowest BCUT2D eigenvalue weighted by Crippen LogP contribution is -2.43. The number of hydrogen-bond acceptors (Lipinski definition) is 5. The number of aromatic nitrogens is 2. The van der Waals surface area contributed by atoms with Gasteiger partial charge in [-0.05, 0) is 38.8 Å². The third-order valence-electron chi connectivity index (χ3n) is 4.21. The summed E-state index contributed by atoms with van der Waals surface area (Å²) in [6.45, 7) is 3.78. The normalized spacial score (nSPS) is 17.4. The highest BCUT2D eigenvalue weighted by atomic mass is 32.1. The van der Waals surface area contributed by atoms with Gasteiger partial charge in [0.2, 0.25) is 5.91 Å². The van der Waals surface area contributed by atoms with Gasteiger partial charge in [0.05, 0.1) is 11.3 Å². The van der Waals surface area contributed by atoms with Crippen LogP contribution in [0.5, 0.6) is 0 Å². The first kappa shape index (κ1) is 17.0. The van der Waals surface area contributed by atoms with Crippen LogP contribution >= 0.6 is 11.3 Å². The summed E-state index contributed by atoms with van der Waals surface area (Å²) in [6.07, 6.45) is 5.97. The molecule has 1 aliphatic carbocycles. The van der Waals surface area contributed by atoms with E-state index in [0.29, 0.717) is 13.0 Å². The maximum Gasteiger partial charge on any atom is 0.225 e.